The molecule has 13 heteroatoms. The van der Waals surface area contributed by atoms with Crippen LogP contribution in [0, 0.1) is 20.8 Å². The average molecular weight is 894 g/mol. The normalized spacial score (nSPS) is 17.9. The number of aliphatic hydroxyl groups excluding tert-OH is 2. The number of aliphatic hydroxyl groups is 2. The van der Waals surface area contributed by atoms with E-state index in [4.69, 9.17) is 0 Å². The summed E-state index contributed by atoms with van der Waals surface area (Å²) in [7, 11) is 0. The van der Waals surface area contributed by atoms with E-state index in [2.05, 4.69) is 5.10 Å². The first kappa shape index (κ1) is 43.0. The Morgan fingerprint density at radius 3 is 1.82 bits per heavy atom. The number of phenols is 1. The molecule has 0 saturated heterocycles. The van der Waals surface area contributed by atoms with Gasteiger partial charge in [0, 0.05) is 76.5 Å². The molecule has 67 heavy (non-hydrogen) atoms. The minimum Gasteiger partial charge on any atom is -0.507 e. The fraction of sp³-hybridized carbons (Fsp3) is 0.222. The van der Waals surface area contributed by atoms with Crippen LogP contribution >= 0.6 is 0 Å². The van der Waals surface area contributed by atoms with Gasteiger partial charge in [-0.25, -0.2) is 0 Å². The molecule has 3 N–H and O–H groups in total. The van der Waals surface area contributed by atoms with Gasteiger partial charge in [0.1, 0.15) is 11.5 Å². The minimum atomic E-state index is -1.11. The van der Waals surface area contributed by atoms with Crippen LogP contribution in [0.1, 0.15) is 91.3 Å². The number of imide groups is 1. The first-order chi connectivity index (χ1) is 32.2. The number of phenolic OH excluding ortho intramolecular Hbond substituents is 1. The zero-order chi connectivity index (χ0) is 47.0. The number of anilines is 2. The van der Waals surface area contributed by atoms with Crippen LogP contribution in [0.25, 0.3) is 27.1 Å². The molecule has 0 spiro atoms. The number of Topliss-reactive ketones (excluding diaryl/α,β-unsaturated/α-hetero) is 1. The molecule has 6 aromatic carbocycles. The lowest BCUT2D eigenvalue weighted by Crippen LogP contribution is -2.42. The number of carbonyl (C=O) groups excluding carboxylic acids is 5. The maximum absolute atomic E-state index is 13.9. The molecule has 1 unspecified atom stereocenters. The summed E-state index contributed by atoms with van der Waals surface area (Å²) in [5, 5.41) is 43.2. The number of benzene rings is 6. The summed E-state index contributed by atoms with van der Waals surface area (Å²) in [6.45, 7) is 8.51. The van der Waals surface area contributed by atoms with Crippen LogP contribution in [0.3, 0.4) is 0 Å². The number of ketones is 1. The lowest BCUT2D eigenvalue weighted by Gasteiger charge is -2.34. The molecule has 0 aromatic heterocycles. The molecule has 4 aliphatic rings. The van der Waals surface area contributed by atoms with Gasteiger partial charge in [0.2, 0.25) is 5.78 Å². The second-order valence-corrected chi connectivity index (χ2v) is 17.7. The molecule has 3 heterocycles. The maximum Gasteiger partial charge on any atom is 0.281 e. The number of aryl methyl sites for hydroxylation is 3. The Hall–Kier alpha value is -7.90. The second-order valence-electron chi connectivity index (χ2n) is 17.7. The van der Waals surface area contributed by atoms with Crippen molar-refractivity contribution in [3.63, 3.8) is 0 Å². The van der Waals surface area contributed by atoms with E-state index in [9.17, 15) is 39.3 Å². The number of unbranched alkanes of at least 4 members (excludes halogenated alkanes) is 1. The Balaban J connectivity index is 0.893. The molecule has 0 radical (unpaired) electrons. The van der Waals surface area contributed by atoms with E-state index in [1.54, 1.807) is 49.4 Å². The van der Waals surface area contributed by atoms with Crippen molar-refractivity contribution in [1.29, 1.82) is 0 Å². The van der Waals surface area contributed by atoms with Crippen LogP contribution in [0.2, 0.25) is 0 Å². The van der Waals surface area contributed by atoms with E-state index in [-0.39, 0.29) is 64.6 Å². The van der Waals surface area contributed by atoms with Crippen molar-refractivity contribution in [2.24, 2.45) is 5.10 Å². The highest BCUT2D eigenvalue weighted by molar-refractivity contribution is 6.45. The largest absolute Gasteiger partial charge is 0.507 e. The van der Waals surface area contributed by atoms with Crippen LogP contribution in [-0.2, 0) is 9.59 Å². The van der Waals surface area contributed by atoms with Gasteiger partial charge in [0.05, 0.1) is 28.1 Å². The lowest BCUT2D eigenvalue weighted by atomic mass is 9.79. The average Bonchev–Trinajstić information content (AvgIpc) is 3.58. The molecule has 0 bridgehead atoms. The summed E-state index contributed by atoms with van der Waals surface area (Å²) in [4.78, 5) is 73.6. The van der Waals surface area contributed by atoms with Crippen molar-refractivity contribution in [2.75, 3.05) is 36.1 Å². The molecule has 10 rings (SSSR count). The highest BCUT2D eigenvalue weighted by Gasteiger charge is 2.44. The van der Waals surface area contributed by atoms with Gasteiger partial charge in [0.15, 0.2) is 6.23 Å². The number of aromatic hydroxyl groups is 1. The number of hydrogen-bond acceptors (Lipinski definition) is 10. The maximum atomic E-state index is 13.9. The van der Waals surface area contributed by atoms with Gasteiger partial charge < -0.3 is 25.1 Å². The molecular weight excluding hydrogens is 847 g/mol. The summed E-state index contributed by atoms with van der Waals surface area (Å²) < 4.78 is 0. The van der Waals surface area contributed by atoms with Crippen LogP contribution in [0.5, 0.6) is 5.75 Å². The lowest BCUT2D eigenvalue weighted by molar-refractivity contribution is -0.115. The van der Waals surface area contributed by atoms with E-state index >= 15 is 0 Å². The molecule has 1 atom stereocenters. The number of amides is 4. The third kappa shape index (κ3) is 6.96. The topological polar surface area (TPSA) is 171 Å². The molecule has 6 aromatic rings. The third-order valence-corrected chi connectivity index (χ3v) is 13.4. The summed E-state index contributed by atoms with van der Waals surface area (Å²) in [6.07, 6.45) is 0.329. The van der Waals surface area contributed by atoms with Gasteiger partial charge in [0.25, 0.3) is 23.6 Å². The van der Waals surface area contributed by atoms with Crippen LogP contribution in [0.15, 0.2) is 125 Å². The van der Waals surface area contributed by atoms with Crippen LogP contribution < -0.4 is 9.91 Å². The van der Waals surface area contributed by atoms with Gasteiger partial charge >= 0.3 is 0 Å². The molecule has 1 aliphatic carbocycles. The molecule has 4 amide bonds. The van der Waals surface area contributed by atoms with E-state index in [0.717, 1.165) is 32.8 Å². The summed E-state index contributed by atoms with van der Waals surface area (Å²) >= 11 is 0. The summed E-state index contributed by atoms with van der Waals surface area (Å²) in [5.41, 5.74) is 6.12. The minimum absolute atomic E-state index is 0.00113. The number of allylic oxidation sites excluding steroid dienone is 2. The standard InChI is InChI=1S/C54H47N5O8/c1-29-26-30(2)47(31(3)27-29)59-54(67)42(32(4)55-59)46-48(61)45(49(46)62)36-21-20-35(28-41(36)60)56(23-11-25-58-52(65)39-18-9-14-34-15-10-19-40(44(34)39)53(58)66)22-5-6-24-57-50(63)37-16-7-12-33-13-8-17-38(43(33)37)51(57)64/h7-10,12-21,26-28,50,60-61,63H,5-6,11,22-25H2,1-4H3/b46-42+. The number of hydrazone groups is 1. The van der Waals surface area contributed by atoms with Gasteiger partial charge in [-0.2, -0.15) is 10.1 Å². The van der Waals surface area contributed by atoms with Crippen molar-refractivity contribution >= 4 is 73.6 Å². The Kier molecular flexibility index (Phi) is 10.6. The zero-order valence-electron chi connectivity index (χ0n) is 37.5. The smallest absolute Gasteiger partial charge is 0.281 e. The van der Waals surface area contributed by atoms with Crippen molar-refractivity contribution in [2.45, 2.75) is 53.2 Å². The molecule has 0 saturated carbocycles. The zero-order valence-corrected chi connectivity index (χ0v) is 37.5. The van der Waals surface area contributed by atoms with Crippen molar-refractivity contribution < 1.29 is 39.3 Å². The van der Waals surface area contributed by atoms with Gasteiger partial charge in [-0.15, -0.1) is 0 Å². The Morgan fingerprint density at radius 1 is 0.597 bits per heavy atom. The SMILES string of the molecule is CC1=NN(c2c(C)cc(C)cc2C)C(=O)/C1=C1/C(=O)C(c2ccc(N(CCCCN3C(=O)c4cccc5cccc(c45)C3O)CCCN3C(=O)c4cccc5cccc(c45)C3=O)cc2O)=C1O. The molecule has 13 nitrogen and oxygen atoms in total. The number of hydrogen-bond donors (Lipinski definition) is 3. The van der Waals surface area contributed by atoms with Crippen molar-refractivity contribution in [1.82, 2.24) is 9.80 Å². The first-order valence-electron chi connectivity index (χ1n) is 22.4. The highest BCUT2D eigenvalue weighted by Crippen LogP contribution is 2.44. The predicted octanol–water partition coefficient (Wildman–Crippen LogP) is 8.61. The Bertz CT molecular complexity index is 3210. The molecule has 0 fully saturated rings. The number of nitrogens with zero attached hydrogens (tertiary/aromatic N) is 5. The fourth-order valence-corrected chi connectivity index (χ4v) is 10.3. The number of rotatable bonds is 12. The van der Waals surface area contributed by atoms with E-state index < -0.39 is 23.7 Å². The van der Waals surface area contributed by atoms with Crippen molar-refractivity contribution in [3.05, 3.63) is 165 Å². The monoisotopic (exact) mass is 893 g/mol. The molecule has 3 aliphatic heterocycles. The van der Waals surface area contributed by atoms with Crippen LogP contribution in [-0.4, -0.2) is 86.4 Å². The Morgan fingerprint density at radius 2 is 1.19 bits per heavy atom. The quantitative estimate of drug-likeness (QED) is 0.0618. The predicted molar refractivity (Wildman–Crippen MR) is 256 cm³/mol. The van der Waals surface area contributed by atoms with E-state index in [0.29, 0.717) is 71.4 Å². The third-order valence-electron chi connectivity index (χ3n) is 13.4. The first-order valence-corrected chi connectivity index (χ1v) is 22.4. The highest BCUT2D eigenvalue weighted by atomic mass is 16.3. The van der Waals surface area contributed by atoms with Gasteiger partial charge in [-0.05, 0) is 99.2 Å². The summed E-state index contributed by atoms with van der Waals surface area (Å²) in [5.74, 6) is -2.82. The molecule has 336 valence electrons. The van der Waals surface area contributed by atoms with E-state index in [1.165, 1.54) is 20.9 Å². The Labute approximate surface area is 386 Å². The van der Waals surface area contributed by atoms with E-state index in [1.807, 2.05) is 80.3 Å². The number of carbonyl (C=O) groups is 5. The van der Waals surface area contributed by atoms with Gasteiger partial charge in [-0.3, -0.25) is 28.9 Å². The fourth-order valence-electron chi connectivity index (χ4n) is 10.3. The van der Waals surface area contributed by atoms with Crippen molar-refractivity contribution in [3.8, 4) is 5.75 Å². The van der Waals surface area contributed by atoms with Crippen LogP contribution in [0.4, 0.5) is 11.4 Å². The summed E-state index contributed by atoms with van der Waals surface area (Å²) in [6, 6.07) is 30.6. The molecular formula is C54H47N5O8. The van der Waals surface area contributed by atoms with Gasteiger partial charge in [-0.1, -0.05) is 72.3 Å². The second kappa shape index (κ2) is 16.5.